The molecule has 0 fully saturated rings. The molecule has 0 saturated carbocycles. The first kappa shape index (κ1) is 23.9. The van der Waals surface area contributed by atoms with Crippen molar-refractivity contribution in [3.8, 4) is 11.5 Å². The summed E-state index contributed by atoms with van der Waals surface area (Å²) < 4.78 is 49.6. The Morgan fingerprint density at radius 3 is 2.40 bits per heavy atom. The van der Waals surface area contributed by atoms with Gasteiger partial charge in [-0.25, -0.2) is 4.98 Å². The number of rotatable bonds is 6. The molecule has 180 valence electrons. The van der Waals surface area contributed by atoms with Crippen molar-refractivity contribution in [2.45, 2.75) is 13.1 Å². The van der Waals surface area contributed by atoms with Crippen LogP contribution in [-0.4, -0.2) is 25.1 Å². The van der Waals surface area contributed by atoms with E-state index in [2.05, 4.69) is 15.6 Å². The Morgan fingerprint density at radius 1 is 0.914 bits per heavy atom. The van der Waals surface area contributed by atoms with Gasteiger partial charge in [0.05, 0.1) is 30.9 Å². The molecule has 0 spiro atoms. The SMILES string of the molecule is COc1cccc(C(=O)Nc2ccc3nc(Nc4cccc(C(F)(F)F)c4)cc(C)c3c2)c1OC. The number of aryl methyl sites for hydroxylation is 1. The fraction of sp³-hybridized carbons (Fsp3) is 0.154. The monoisotopic (exact) mass is 481 g/mol. The van der Waals surface area contributed by atoms with Crippen molar-refractivity contribution in [2.75, 3.05) is 24.9 Å². The van der Waals surface area contributed by atoms with Gasteiger partial charge < -0.3 is 20.1 Å². The van der Waals surface area contributed by atoms with Crippen LogP contribution in [0.15, 0.2) is 66.7 Å². The number of methoxy groups -OCH3 is 2. The third-order valence-electron chi connectivity index (χ3n) is 5.38. The fourth-order valence-corrected chi connectivity index (χ4v) is 3.72. The predicted octanol–water partition coefficient (Wildman–Crippen LogP) is 6.58. The molecule has 1 amide bonds. The van der Waals surface area contributed by atoms with E-state index in [9.17, 15) is 18.0 Å². The normalized spacial score (nSPS) is 11.3. The molecular weight excluding hydrogens is 459 g/mol. The molecule has 0 aliphatic rings. The molecule has 1 aromatic heterocycles. The maximum Gasteiger partial charge on any atom is 0.416 e. The van der Waals surface area contributed by atoms with Crippen LogP contribution in [0.2, 0.25) is 0 Å². The molecule has 0 bridgehead atoms. The van der Waals surface area contributed by atoms with E-state index >= 15 is 0 Å². The van der Waals surface area contributed by atoms with Crippen molar-refractivity contribution < 1.29 is 27.4 Å². The lowest BCUT2D eigenvalue weighted by molar-refractivity contribution is -0.137. The van der Waals surface area contributed by atoms with Gasteiger partial charge in [0.1, 0.15) is 5.82 Å². The summed E-state index contributed by atoms with van der Waals surface area (Å²) in [5, 5.41) is 6.58. The third-order valence-corrected chi connectivity index (χ3v) is 5.38. The zero-order valence-electron chi connectivity index (χ0n) is 19.2. The maximum absolute atomic E-state index is 13.0. The van der Waals surface area contributed by atoms with Crippen LogP contribution < -0.4 is 20.1 Å². The van der Waals surface area contributed by atoms with Crippen molar-refractivity contribution >= 4 is 34.0 Å². The van der Waals surface area contributed by atoms with Crippen LogP contribution in [0.4, 0.5) is 30.4 Å². The molecule has 0 saturated heterocycles. The summed E-state index contributed by atoms with van der Waals surface area (Å²) in [6.45, 7) is 1.86. The van der Waals surface area contributed by atoms with Crippen LogP contribution in [0.3, 0.4) is 0 Å². The second kappa shape index (κ2) is 9.54. The van der Waals surface area contributed by atoms with E-state index in [1.165, 1.54) is 20.3 Å². The van der Waals surface area contributed by atoms with Gasteiger partial charge in [-0.05, 0) is 67.1 Å². The van der Waals surface area contributed by atoms with Gasteiger partial charge in [0, 0.05) is 16.8 Å². The van der Waals surface area contributed by atoms with Gasteiger partial charge in [0.2, 0.25) is 0 Å². The van der Waals surface area contributed by atoms with Crippen LogP contribution in [-0.2, 0) is 6.18 Å². The van der Waals surface area contributed by atoms with Crippen LogP contribution in [0.1, 0.15) is 21.5 Å². The predicted molar refractivity (Wildman–Crippen MR) is 129 cm³/mol. The van der Waals surface area contributed by atoms with Gasteiger partial charge in [0.25, 0.3) is 5.91 Å². The Morgan fingerprint density at radius 2 is 1.69 bits per heavy atom. The highest BCUT2D eigenvalue weighted by Crippen LogP contribution is 2.33. The molecule has 6 nitrogen and oxygen atoms in total. The molecule has 4 rings (SSSR count). The summed E-state index contributed by atoms with van der Waals surface area (Å²) in [5.74, 6) is 0.816. The number of ether oxygens (including phenoxy) is 2. The van der Waals surface area contributed by atoms with Gasteiger partial charge in [-0.2, -0.15) is 13.2 Å². The number of hydrogen-bond donors (Lipinski definition) is 2. The Bertz CT molecular complexity index is 1400. The maximum atomic E-state index is 13.0. The molecule has 35 heavy (non-hydrogen) atoms. The van der Waals surface area contributed by atoms with E-state index in [0.29, 0.717) is 34.1 Å². The van der Waals surface area contributed by atoms with Crippen LogP contribution >= 0.6 is 0 Å². The number of carbonyl (C=O) groups excluding carboxylic acids is 1. The molecule has 9 heteroatoms. The van der Waals surface area contributed by atoms with Gasteiger partial charge in [-0.1, -0.05) is 12.1 Å². The molecule has 1 heterocycles. The number of nitrogens with one attached hydrogen (secondary N) is 2. The quantitative estimate of drug-likeness (QED) is 0.326. The highest BCUT2D eigenvalue weighted by molar-refractivity contribution is 6.07. The van der Waals surface area contributed by atoms with Gasteiger partial charge in [-0.15, -0.1) is 0 Å². The Hall–Kier alpha value is -4.27. The smallest absolute Gasteiger partial charge is 0.416 e. The van der Waals surface area contributed by atoms with E-state index < -0.39 is 11.7 Å². The first-order valence-corrected chi connectivity index (χ1v) is 10.6. The third kappa shape index (κ3) is 5.13. The average molecular weight is 481 g/mol. The summed E-state index contributed by atoms with van der Waals surface area (Å²) in [6.07, 6.45) is -4.43. The number of alkyl halides is 3. The number of amides is 1. The molecule has 0 aliphatic carbocycles. The molecule has 4 aromatic rings. The number of fused-ring (bicyclic) bond motifs is 1. The molecule has 0 atom stereocenters. The number of benzene rings is 3. The number of pyridine rings is 1. The Labute approximate surface area is 199 Å². The number of hydrogen-bond acceptors (Lipinski definition) is 5. The van der Waals surface area contributed by atoms with E-state index in [1.54, 1.807) is 48.5 Å². The topological polar surface area (TPSA) is 72.5 Å². The number of carbonyl (C=O) groups is 1. The highest BCUT2D eigenvalue weighted by atomic mass is 19.4. The van der Waals surface area contributed by atoms with Crippen molar-refractivity contribution in [3.63, 3.8) is 0 Å². The Kier molecular flexibility index (Phi) is 6.50. The number of nitrogens with zero attached hydrogens (tertiary/aromatic N) is 1. The lowest BCUT2D eigenvalue weighted by Crippen LogP contribution is -2.13. The summed E-state index contributed by atoms with van der Waals surface area (Å²) in [5.41, 5.74) is 1.87. The second-order valence-electron chi connectivity index (χ2n) is 7.76. The van der Waals surface area contributed by atoms with E-state index in [1.807, 2.05) is 6.92 Å². The van der Waals surface area contributed by atoms with Crippen molar-refractivity contribution in [1.29, 1.82) is 0 Å². The number of aromatic nitrogens is 1. The summed E-state index contributed by atoms with van der Waals surface area (Å²) >= 11 is 0. The minimum absolute atomic E-state index is 0.280. The van der Waals surface area contributed by atoms with Crippen molar-refractivity contribution in [2.24, 2.45) is 0 Å². The summed E-state index contributed by atoms with van der Waals surface area (Å²) in [7, 11) is 2.96. The zero-order valence-corrected chi connectivity index (χ0v) is 19.2. The number of anilines is 3. The molecule has 0 unspecified atom stereocenters. The van der Waals surface area contributed by atoms with Gasteiger partial charge >= 0.3 is 6.18 Å². The lowest BCUT2D eigenvalue weighted by atomic mass is 10.1. The van der Waals surface area contributed by atoms with Crippen molar-refractivity contribution in [1.82, 2.24) is 4.98 Å². The molecular formula is C26H22F3N3O3. The largest absolute Gasteiger partial charge is 0.493 e. The minimum atomic E-state index is -4.43. The number of halogens is 3. The highest BCUT2D eigenvalue weighted by Gasteiger charge is 2.30. The van der Waals surface area contributed by atoms with Crippen LogP contribution in [0.5, 0.6) is 11.5 Å². The van der Waals surface area contributed by atoms with E-state index in [0.717, 1.165) is 23.1 Å². The molecule has 0 aliphatic heterocycles. The standard InChI is InChI=1S/C26H22F3N3O3/c1-15-12-23(30-17-7-4-6-16(13-17)26(27,28)29)32-21-11-10-18(14-20(15)21)31-25(33)19-8-5-9-22(34-2)24(19)35-3/h4-14H,1-3H3,(H,30,32)(H,31,33). The first-order chi connectivity index (χ1) is 16.7. The first-order valence-electron chi connectivity index (χ1n) is 10.6. The average Bonchev–Trinajstić information content (AvgIpc) is 2.83. The zero-order chi connectivity index (χ0) is 25.2. The van der Waals surface area contributed by atoms with Crippen LogP contribution in [0.25, 0.3) is 10.9 Å². The molecule has 0 radical (unpaired) electrons. The lowest BCUT2D eigenvalue weighted by Gasteiger charge is -2.14. The molecule has 3 aromatic carbocycles. The molecule has 2 N–H and O–H groups in total. The van der Waals surface area contributed by atoms with Crippen LogP contribution in [0, 0.1) is 6.92 Å². The fourth-order valence-electron chi connectivity index (χ4n) is 3.72. The van der Waals surface area contributed by atoms with Gasteiger partial charge in [-0.3, -0.25) is 4.79 Å². The Balaban J connectivity index is 1.59. The van der Waals surface area contributed by atoms with Gasteiger partial charge in [0.15, 0.2) is 11.5 Å². The van der Waals surface area contributed by atoms with Crippen molar-refractivity contribution in [3.05, 3.63) is 83.4 Å². The summed E-state index contributed by atoms with van der Waals surface area (Å²) in [6, 6.07) is 16.9. The summed E-state index contributed by atoms with van der Waals surface area (Å²) in [4.78, 5) is 17.4. The van der Waals surface area contributed by atoms with E-state index in [-0.39, 0.29) is 11.6 Å². The van der Waals surface area contributed by atoms with E-state index in [4.69, 9.17) is 9.47 Å². The minimum Gasteiger partial charge on any atom is -0.493 e. The second-order valence-corrected chi connectivity index (χ2v) is 7.76. The number of para-hydroxylation sites is 1.